The van der Waals surface area contributed by atoms with E-state index in [0.717, 1.165) is 0 Å². The van der Waals surface area contributed by atoms with Gasteiger partial charge in [0.2, 0.25) is 0 Å². The molecule has 0 amide bonds. The van der Waals surface area contributed by atoms with Gasteiger partial charge in [0.25, 0.3) is 0 Å². The summed E-state index contributed by atoms with van der Waals surface area (Å²) in [5.74, 6) is -23.8. The molecule has 0 aromatic heterocycles. The number of hydrogen-bond donors (Lipinski definition) is 2. The number of hydrogen-bond acceptors (Lipinski definition) is 2. The summed E-state index contributed by atoms with van der Waals surface area (Å²) in [6.45, 7) is 0. The van der Waals surface area contributed by atoms with Gasteiger partial charge in [0.1, 0.15) is 0 Å². The summed E-state index contributed by atoms with van der Waals surface area (Å²) in [6.07, 6.45) is -19.3. The number of alkyl halides is 14. The monoisotopic (exact) mass is 482 g/mol. The number of nitrogens with two attached hydrogens (primary N) is 2. The number of halogens is 14. The van der Waals surface area contributed by atoms with Crippen LogP contribution in [-0.2, 0) is 0 Å². The van der Waals surface area contributed by atoms with Crippen molar-refractivity contribution in [2.45, 2.75) is 73.8 Å². The van der Waals surface area contributed by atoms with E-state index in [2.05, 4.69) is 0 Å². The molecule has 0 bridgehead atoms. The summed E-state index contributed by atoms with van der Waals surface area (Å²) in [5.41, 5.74) is 0. The van der Waals surface area contributed by atoms with Crippen LogP contribution in [0.1, 0.15) is 25.7 Å². The molecule has 0 saturated carbocycles. The van der Waals surface area contributed by atoms with Crippen LogP contribution in [0.3, 0.4) is 0 Å². The highest BCUT2D eigenvalue weighted by Gasteiger charge is 2.73. The molecule has 0 aromatic rings. The first-order valence-electron chi connectivity index (χ1n) is 7.64. The molecule has 0 atom stereocenters. The molecule has 0 radical (unpaired) electrons. The van der Waals surface area contributed by atoms with Crippen LogP contribution in [0.25, 0.3) is 0 Å². The minimum absolute atomic E-state index is 0.794. The van der Waals surface area contributed by atoms with Gasteiger partial charge in [0.05, 0.1) is 0 Å². The smallest absolute Gasteiger partial charge is 0.339 e. The fourth-order valence-electron chi connectivity index (χ4n) is 2.13. The van der Waals surface area contributed by atoms with E-state index < -0.39 is 82.2 Å². The molecule has 2 nitrogen and oxygen atoms in total. The van der Waals surface area contributed by atoms with Crippen LogP contribution in [0, 0.1) is 0 Å². The van der Waals surface area contributed by atoms with Crippen molar-refractivity contribution >= 4 is 8.40 Å². The molecule has 0 fully saturated rings. The molecule has 0 spiro atoms. The van der Waals surface area contributed by atoms with Crippen LogP contribution in [-0.4, -0.2) is 44.4 Å². The van der Waals surface area contributed by atoms with Crippen molar-refractivity contribution in [1.82, 2.24) is 0 Å². The van der Waals surface area contributed by atoms with Crippen LogP contribution in [0.15, 0.2) is 0 Å². The minimum Gasteiger partial charge on any atom is -0.339 e. The van der Waals surface area contributed by atoms with E-state index in [1.807, 2.05) is 0 Å². The summed E-state index contributed by atoms with van der Waals surface area (Å²) in [4.78, 5) is 0. The maximum Gasteiger partial charge on any atom is 0.459 e. The maximum absolute atomic E-state index is 13.1. The van der Waals surface area contributed by atoms with Crippen LogP contribution in [0.2, 0.25) is 12.1 Å². The zero-order valence-corrected chi connectivity index (χ0v) is 15.2. The minimum atomic E-state index is -6.55. The van der Waals surface area contributed by atoms with Gasteiger partial charge in [-0.25, -0.2) is 0 Å². The molecule has 0 aliphatic carbocycles. The third-order valence-corrected chi connectivity index (χ3v) is 6.47. The zero-order chi connectivity index (χ0) is 23.7. The van der Waals surface area contributed by atoms with E-state index in [0.29, 0.717) is 0 Å². The lowest BCUT2D eigenvalue weighted by Gasteiger charge is -2.30. The third-order valence-electron chi connectivity index (χ3n) is 3.90. The average Bonchev–Trinajstić information content (AvgIpc) is 2.43. The third kappa shape index (κ3) is 6.57. The Hall–Kier alpha value is -0.843. The van der Waals surface area contributed by atoms with Crippen molar-refractivity contribution in [1.29, 1.82) is 0 Å². The summed E-state index contributed by atoms with van der Waals surface area (Å²) >= 11 is 0. The van der Waals surface area contributed by atoms with Crippen LogP contribution in [0.5, 0.6) is 0 Å². The van der Waals surface area contributed by atoms with Gasteiger partial charge < -0.3 is 10.8 Å². The lowest BCUT2D eigenvalue weighted by molar-refractivity contribution is -0.355. The summed E-state index contributed by atoms with van der Waals surface area (Å²) in [5, 5.41) is 10.7. The quantitative estimate of drug-likeness (QED) is 0.316. The van der Waals surface area contributed by atoms with Gasteiger partial charge in [-0.1, -0.05) is 0 Å². The SMILES string of the molecule is N[Si](N)(CCCC(F)(F)C(F)(F)C(F)(F)F)CCCC(F)(F)C(F)(F)C(F)(F)F. The van der Waals surface area contributed by atoms with Crippen molar-refractivity contribution in [3.8, 4) is 0 Å². The predicted molar refractivity (Wildman–Crippen MR) is 74.1 cm³/mol. The molecule has 29 heavy (non-hydrogen) atoms. The topological polar surface area (TPSA) is 52.0 Å². The molecule has 0 aliphatic rings. The molecule has 0 rings (SSSR count). The highest BCUT2D eigenvalue weighted by atomic mass is 28.3. The van der Waals surface area contributed by atoms with Crippen LogP contribution >= 0.6 is 0 Å². The van der Waals surface area contributed by atoms with Crippen LogP contribution in [0.4, 0.5) is 61.5 Å². The fraction of sp³-hybridized carbons (Fsp3) is 1.00. The van der Waals surface area contributed by atoms with Gasteiger partial charge in [-0.2, -0.15) is 61.5 Å². The highest BCUT2D eigenvalue weighted by Crippen LogP contribution is 2.50. The second-order valence-corrected chi connectivity index (χ2v) is 9.96. The Morgan fingerprint density at radius 2 is 0.724 bits per heavy atom. The van der Waals surface area contributed by atoms with Crippen molar-refractivity contribution in [2.24, 2.45) is 10.8 Å². The molecule has 0 unspecified atom stereocenters. The fourth-order valence-corrected chi connectivity index (χ4v) is 4.05. The molecule has 4 N–H and O–H groups in total. The van der Waals surface area contributed by atoms with Gasteiger partial charge in [-0.15, -0.1) is 0 Å². The molecular weight excluding hydrogens is 466 g/mol. The highest BCUT2D eigenvalue weighted by molar-refractivity contribution is 6.73. The van der Waals surface area contributed by atoms with E-state index in [1.165, 1.54) is 0 Å². The summed E-state index contributed by atoms with van der Waals surface area (Å²) in [7, 11) is -3.83. The molecule has 0 aromatic carbocycles. The van der Waals surface area contributed by atoms with Crippen molar-refractivity contribution in [2.75, 3.05) is 0 Å². The largest absolute Gasteiger partial charge is 0.459 e. The first-order chi connectivity index (χ1) is 12.4. The number of rotatable bonds is 10. The Labute approximate surface area is 155 Å². The van der Waals surface area contributed by atoms with Gasteiger partial charge in [-0.05, 0) is 24.9 Å². The Morgan fingerprint density at radius 3 is 0.931 bits per heavy atom. The Balaban J connectivity index is 4.78. The predicted octanol–water partition coefficient (Wildman–Crippen LogP) is 5.57. The van der Waals surface area contributed by atoms with Crippen molar-refractivity contribution < 1.29 is 61.5 Å². The normalized spacial score (nSPS) is 15.7. The van der Waals surface area contributed by atoms with Crippen molar-refractivity contribution in [3.63, 3.8) is 0 Å². The van der Waals surface area contributed by atoms with E-state index in [4.69, 9.17) is 10.8 Å². The zero-order valence-electron chi connectivity index (χ0n) is 14.2. The van der Waals surface area contributed by atoms with E-state index in [1.54, 1.807) is 0 Å². The first-order valence-corrected chi connectivity index (χ1v) is 10.2. The molecule has 0 saturated heterocycles. The molecule has 0 aliphatic heterocycles. The van der Waals surface area contributed by atoms with Gasteiger partial charge in [-0.3, -0.25) is 0 Å². The second kappa shape index (κ2) is 8.36. The van der Waals surface area contributed by atoms with E-state index in [9.17, 15) is 61.5 Å². The summed E-state index contributed by atoms with van der Waals surface area (Å²) in [6, 6.07) is -1.59. The average molecular weight is 482 g/mol. The lowest BCUT2D eigenvalue weighted by atomic mass is 10.1. The first kappa shape index (κ1) is 28.2. The Morgan fingerprint density at radius 1 is 0.483 bits per heavy atom. The van der Waals surface area contributed by atoms with E-state index >= 15 is 0 Å². The van der Waals surface area contributed by atoms with Crippen LogP contribution < -0.4 is 10.8 Å². The van der Waals surface area contributed by atoms with Gasteiger partial charge in [0.15, 0.2) is 8.40 Å². The van der Waals surface area contributed by atoms with Gasteiger partial charge in [0, 0.05) is 12.8 Å². The molecule has 0 heterocycles. The second-order valence-electron chi connectivity index (χ2n) is 6.49. The maximum atomic E-state index is 13.1. The molecular formula is C12H16F14N2Si. The standard InChI is InChI=1S/C12H16F14N2Si/c13-7(14,9(17,18)11(21,22)23)3-1-5-29(27,28)6-2-4-8(15,16)10(19,20)12(24,25)26/h1-6,27-28H2. The van der Waals surface area contributed by atoms with E-state index in [-0.39, 0.29) is 0 Å². The Bertz CT molecular complexity index is 494. The van der Waals surface area contributed by atoms with Gasteiger partial charge >= 0.3 is 36.0 Å². The lowest BCUT2D eigenvalue weighted by Crippen LogP contribution is -2.56. The van der Waals surface area contributed by atoms with Crippen molar-refractivity contribution in [3.05, 3.63) is 0 Å². The molecule has 176 valence electrons. The summed E-state index contributed by atoms with van der Waals surface area (Å²) < 4.78 is 175. The molecule has 17 heteroatoms. The Kier molecular flexibility index (Phi) is 8.11.